The molecule has 0 aliphatic rings. The lowest BCUT2D eigenvalue weighted by atomic mass is 10.0. The molecule has 132 valence electrons. The lowest BCUT2D eigenvalue weighted by Crippen LogP contribution is -2.27. The normalized spacial score (nSPS) is 11.5. The summed E-state index contributed by atoms with van der Waals surface area (Å²) in [5.41, 5.74) is 1.64. The Labute approximate surface area is 147 Å². The van der Waals surface area contributed by atoms with Crippen molar-refractivity contribution >= 4 is 5.91 Å². The first kappa shape index (κ1) is 18.5. The second-order valence-electron chi connectivity index (χ2n) is 5.58. The van der Waals surface area contributed by atoms with E-state index in [9.17, 15) is 9.18 Å². The van der Waals surface area contributed by atoms with Crippen LogP contribution in [-0.2, 0) is 6.42 Å². The first-order valence-corrected chi connectivity index (χ1v) is 7.92. The smallest absolute Gasteiger partial charge is 0.251 e. The highest BCUT2D eigenvalue weighted by Gasteiger charge is 2.18. The van der Waals surface area contributed by atoms with Crippen molar-refractivity contribution in [1.29, 1.82) is 0 Å². The molecule has 1 atom stereocenters. The van der Waals surface area contributed by atoms with Gasteiger partial charge in [0.25, 0.3) is 5.91 Å². The Morgan fingerprint density at radius 3 is 2.60 bits per heavy atom. The van der Waals surface area contributed by atoms with Gasteiger partial charge in [-0.15, -0.1) is 6.58 Å². The summed E-state index contributed by atoms with van der Waals surface area (Å²) in [7, 11) is 3.06. The predicted octanol–water partition coefficient (Wildman–Crippen LogP) is 4.06. The van der Waals surface area contributed by atoms with Crippen molar-refractivity contribution in [3.05, 3.63) is 71.6 Å². The number of hydrogen-bond acceptors (Lipinski definition) is 3. The van der Waals surface area contributed by atoms with Crippen LogP contribution in [0.2, 0.25) is 0 Å². The third kappa shape index (κ3) is 4.18. The number of carbonyl (C=O) groups is 1. The maximum atomic E-state index is 13.9. The zero-order valence-electron chi connectivity index (χ0n) is 14.6. The maximum absolute atomic E-state index is 13.9. The Bertz CT molecular complexity index is 774. The summed E-state index contributed by atoms with van der Waals surface area (Å²) >= 11 is 0. The number of carbonyl (C=O) groups excluding carboxylic acids is 1. The third-order valence-corrected chi connectivity index (χ3v) is 3.90. The first-order chi connectivity index (χ1) is 12.0. The Morgan fingerprint density at radius 1 is 1.28 bits per heavy atom. The average molecular weight is 343 g/mol. The van der Waals surface area contributed by atoms with Gasteiger partial charge >= 0.3 is 0 Å². The maximum Gasteiger partial charge on any atom is 0.251 e. The quantitative estimate of drug-likeness (QED) is 0.771. The van der Waals surface area contributed by atoms with Gasteiger partial charge < -0.3 is 14.8 Å². The van der Waals surface area contributed by atoms with Gasteiger partial charge in [0, 0.05) is 16.7 Å². The summed E-state index contributed by atoms with van der Waals surface area (Å²) in [6.45, 7) is 5.46. The van der Waals surface area contributed by atoms with Crippen LogP contribution < -0.4 is 14.8 Å². The van der Waals surface area contributed by atoms with Gasteiger partial charge in [0.15, 0.2) is 11.5 Å². The molecule has 0 bridgehead atoms. The van der Waals surface area contributed by atoms with Crippen LogP contribution in [0.25, 0.3) is 0 Å². The molecule has 0 aromatic heterocycles. The molecule has 1 N–H and O–H groups in total. The summed E-state index contributed by atoms with van der Waals surface area (Å²) in [5, 5.41) is 2.81. The molecule has 1 unspecified atom stereocenters. The summed E-state index contributed by atoms with van der Waals surface area (Å²) in [4.78, 5) is 12.6. The van der Waals surface area contributed by atoms with E-state index in [2.05, 4.69) is 11.9 Å². The number of amides is 1. The minimum atomic E-state index is -0.468. The summed E-state index contributed by atoms with van der Waals surface area (Å²) in [6, 6.07) is 9.24. The molecule has 0 heterocycles. The van der Waals surface area contributed by atoms with Gasteiger partial charge in [-0.3, -0.25) is 4.79 Å². The van der Waals surface area contributed by atoms with Gasteiger partial charge in [-0.1, -0.05) is 24.3 Å². The second kappa shape index (κ2) is 8.33. The SMILES string of the molecule is C=CCc1cc(C(=O)NC(C)c2ccccc2F)cc(OC)c1OC. The van der Waals surface area contributed by atoms with Crippen molar-refractivity contribution in [2.45, 2.75) is 19.4 Å². The zero-order chi connectivity index (χ0) is 18.4. The van der Waals surface area contributed by atoms with Crippen molar-refractivity contribution in [2.24, 2.45) is 0 Å². The molecule has 4 nitrogen and oxygen atoms in total. The van der Waals surface area contributed by atoms with E-state index >= 15 is 0 Å². The van der Waals surface area contributed by atoms with Gasteiger partial charge in [0.1, 0.15) is 5.82 Å². The average Bonchev–Trinajstić information content (AvgIpc) is 2.61. The molecule has 2 rings (SSSR count). The molecule has 0 spiro atoms. The van der Waals surface area contributed by atoms with Crippen molar-refractivity contribution < 1.29 is 18.7 Å². The molecule has 2 aromatic rings. The Kier molecular flexibility index (Phi) is 6.17. The molecule has 25 heavy (non-hydrogen) atoms. The van der Waals surface area contributed by atoms with Crippen LogP contribution >= 0.6 is 0 Å². The molecule has 1 amide bonds. The van der Waals surface area contributed by atoms with E-state index in [1.165, 1.54) is 13.2 Å². The number of halogens is 1. The number of methoxy groups -OCH3 is 2. The van der Waals surface area contributed by atoms with E-state index in [1.54, 1.807) is 50.4 Å². The standard InChI is InChI=1S/C20H22FNO3/c1-5-8-14-11-15(12-18(24-3)19(14)25-4)20(23)22-13(2)16-9-6-7-10-17(16)21/h5-7,9-13H,1,8H2,2-4H3,(H,22,23). The second-order valence-corrected chi connectivity index (χ2v) is 5.58. The van der Waals surface area contributed by atoms with Gasteiger partial charge in [-0.25, -0.2) is 4.39 Å². The molecular formula is C20H22FNO3. The highest BCUT2D eigenvalue weighted by Crippen LogP contribution is 2.33. The summed E-state index contributed by atoms with van der Waals surface area (Å²) in [6.07, 6.45) is 2.25. The van der Waals surface area contributed by atoms with Crippen LogP contribution in [0, 0.1) is 5.82 Å². The van der Waals surface area contributed by atoms with Crippen molar-refractivity contribution in [3.63, 3.8) is 0 Å². The van der Waals surface area contributed by atoms with Crippen LogP contribution in [-0.4, -0.2) is 20.1 Å². The van der Waals surface area contributed by atoms with E-state index < -0.39 is 6.04 Å². The molecule has 0 fully saturated rings. The Balaban J connectivity index is 2.31. The van der Waals surface area contributed by atoms with Crippen molar-refractivity contribution in [1.82, 2.24) is 5.32 Å². The molecule has 2 aromatic carbocycles. The Morgan fingerprint density at radius 2 is 2.00 bits per heavy atom. The number of nitrogens with one attached hydrogen (secondary N) is 1. The number of benzene rings is 2. The van der Waals surface area contributed by atoms with Crippen molar-refractivity contribution in [2.75, 3.05) is 14.2 Å². The highest BCUT2D eigenvalue weighted by atomic mass is 19.1. The lowest BCUT2D eigenvalue weighted by Gasteiger charge is -2.17. The number of rotatable bonds is 7. The number of hydrogen-bond donors (Lipinski definition) is 1. The van der Waals surface area contributed by atoms with Crippen LogP contribution in [0.4, 0.5) is 4.39 Å². The van der Waals surface area contributed by atoms with Crippen LogP contribution in [0.5, 0.6) is 11.5 Å². The fraction of sp³-hybridized carbons (Fsp3) is 0.250. The van der Waals surface area contributed by atoms with Gasteiger partial charge in [0.05, 0.1) is 20.3 Å². The van der Waals surface area contributed by atoms with E-state index in [0.717, 1.165) is 5.56 Å². The van der Waals surface area contributed by atoms with Gasteiger partial charge in [-0.05, 0) is 31.5 Å². The van der Waals surface area contributed by atoms with E-state index in [1.807, 2.05) is 0 Å². The molecule has 0 saturated heterocycles. The van der Waals surface area contributed by atoms with Crippen LogP contribution in [0.1, 0.15) is 34.5 Å². The van der Waals surface area contributed by atoms with Crippen LogP contribution in [0.3, 0.4) is 0 Å². The molecule has 0 aliphatic heterocycles. The van der Waals surface area contributed by atoms with E-state index in [-0.39, 0.29) is 11.7 Å². The minimum absolute atomic E-state index is 0.318. The Hall–Kier alpha value is -2.82. The van der Waals surface area contributed by atoms with Gasteiger partial charge in [-0.2, -0.15) is 0 Å². The van der Waals surface area contributed by atoms with Crippen LogP contribution in [0.15, 0.2) is 49.1 Å². The molecular weight excluding hydrogens is 321 g/mol. The zero-order valence-corrected chi connectivity index (χ0v) is 14.6. The monoisotopic (exact) mass is 343 g/mol. The topological polar surface area (TPSA) is 47.6 Å². The van der Waals surface area contributed by atoms with E-state index in [4.69, 9.17) is 9.47 Å². The minimum Gasteiger partial charge on any atom is -0.493 e. The fourth-order valence-corrected chi connectivity index (χ4v) is 2.67. The molecule has 5 heteroatoms. The molecule has 0 radical (unpaired) electrons. The van der Waals surface area contributed by atoms with E-state index in [0.29, 0.717) is 29.0 Å². The molecule has 0 saturated carbocycles. The third-order valence-electron chi connectivity index (χ3n) is 3.90. The molecule has 0 aliphatic carbocycles. The predicted molar refractivity (Wildman–Crippen MR) is 95.7 cm³/mol. The summed E-state index contributed by atoms with van der Waals surface area (Å²) in [5.74, 6) is 0.364. The van der Waals surface area contributed by atoms with Crippen molar-refractivity contribution in [3.8, 4) is 11.5 Å². The largest absolute Gasteiger partial charge is 0.493 e. The van der Waals surface area contributed by atoms with Gasteiger partial charge in [0.2, 0.25) is 0 Å². The number of allylic oxidation sites excluding steroid dienone is 1. The highest BCUT2D eigenvalue weighted by molar-refractivity contribution is 5.95. The number of ether oxygens (including phenoxy) is 2. The lowest BCUT2D eigenvalue weighted by molar-refractivity contribution is 0.0939. The summed E-state index contributed by atoms with van der Waals surface area (Å²) < 4.78 is 24.6. The fourth-order valence-electron chi connectivity index (χ4n) is 2.67. The first-order valence-electron chi connectivity index (χ1n) is 7.92.